The highest BCUT2D eigenvalue weighted by Crippen LogP contribution is 2.28. The van der Waals surface area contributed by atoms with E-state index in [0.29, 0.717) is 29.0 Å². The monoisotopic (exact) mass is 451 g/mol. The summed E-state index contributed by atoms with van der Waals surface area (Å²) in [6, 6.07) is 5.32. The van der Waals surface area contributed by atoms with Crippen LogP contribution >= 0.6 is 23.2 Å². The number of nitrogen functional groups attached to an aromatic ring is 1. The standard InChI is InChI=1S/C20H27Cl2N7O/c1-3-4-17-19(27-23)25-12-26-20(17)28(2)16-5-6-29(11-16)18(30)10-24-15-8-13(21)7-14(22)9-15/h7-9,12,16,24H,3-6,10-11,23H2,1-2H3,(H,25,26,27)/t16-/m1/s1. The molecule has 0 aliphatic carbocycles. The molecule has 1 aliphatic heterocycles. The van der Waals surface area contributed by atoms with Gasteiger partial charge in [0, 0.05) is 47.5 Å². The lowest BCUT2D eigenvalue weighted by molar-refractivity contribution is -0.128. The van der Waals surface area contributed by atoms with E-state index < -0.39 is 0 Å². The number of nitrogens with zero attached hydrogens (tertiary/aromatic N) is 4. The number of likely N-dealkylation sites (N-methyl/N-ethyl adjacent to an activating group) is 1. The van der Waals surface area contributed by atoms with Gasteiger partial charge in [0.15, 0.2) is 0 Å². The lowest BCUT2D eigenvalue weighted by atomic mass is 10.1. The van der Waals surface area contributed by atoms with Gasteiger partial charge in [-0.3, -0.25) is 4.79 Å². The number of carbonyl (C=O) groups is 1. The first-order valence-corrected chi connectivity index (χ1v) is 10.7. The molecule has 10 heteroatoms. The topological polar surface area (TPSA) is 99.4 Å². The van der Waals surface area contributed by atoms with Crippen molar-refractivity contribution in [1.29, 1.82) is 0 Å². The van der Waals surface area contributed by atoms with E-state index in [4.69, 9.17) is 29.0 Å². The molecule has 1 aliphatic rings. The molecule has 3 rings (SSSR count). The maximum atomic E-state index is 12.7. The van der Waals surface area contributed by atoms with Crippen LogP contribution in [0.3, 0.4) is 0 Å². The van der Waals surface area contributed by atoms with Crippen molar-refractivity contribution in [2.75, 3.05) is 42.3 Å². The number of nitrogens with two attached hydrogens (primary N) is 1. The molecule has 162 valence electrons. The largest absolute Gasteiger partial charge is 0.376 e. The molecule has 2 heterocycles. The molecule has 1 aromatic carbocycles. The number of hydrazine groups is 1. The predicted molar refractivity (Wildman–Crippen MR) is 122 cm³/mol. The van der Waals surface area contributed by atoms with E-state index in [-0.39, 0.29) is 18.5 Å². The summed E-state index contributed by atoms with van der Waals surface area (Å²) in [5.41, 5.74) is 4.38. The van der Waals surface area contributed by atoms with E-state index in [1.807, 2.05) is 11.9 Å². The Kier molecular flexibility index (Phi) is 7.58. The second-order valence-electron chi connectivity index (χ2n) is 7.32. The Morgan fingerprint density at radius 1 is 1.30 bits per heavy atom. The number of amides is 1. The second-order valence-corrected chi connectivity index (χ2v) is 8.20. The van der Waals surface area contributed by atoms with Crippen LogP contribution in [0.5, 0.6) is 0 Å². The highest BCUT2D eigenvalue weighted by molar-refractivity contribution is 6.35. The number of carbonyl (C=O) groups excluding carboxylic acids is 1. The molecule has 1 atom stereocenters. The van der Waals surface area contributed by atoms with E-state index in [0.717, 1.165) is 36.3 Å². The first-order valence-electron chi connectivity index (χ1n) is 9.94. The normalized spacial score (nSPS) is 15.9. The van der Waals surface area contributed by atoms with Crippen LogP contribution in [-0.4, -0.2) is 53.5 Å². The van der Waals surface area contributed by atoms with Crippen molar-refractivity contribution in [2.24, 2.45) is 5.84 Å². The molecule has 1 saturated heterocycles. The molecule has 0 radical (unpaired) electrons. The van der Waals surface area contributed by atoms with Crippen LogP contribution in [0.15, 0.2) is 24.5 Å². The van der Waals surface area contributed by atoms with Gasteiger partial charge in [0.25, 0.3) is 0 Å². The van der Waals surface area contributed by atoms with Crippen molar-refractivity contribution >= 4 is 46.4 Å². The zero-order valence-electron chi connectivity index (χ0n) is 17.2. The predicted octanol–water partition coefficient (Wildman–Crippen LogP) is 3.17. The molecule has 4 N–H and O–H groups in total. The molecular formula is C20H27Cl2N7O. The lowest BCUT2D eigenvalue weighted by Gasteiger charge is -2.28. The van der Waals surface area contributed by atoms with Crippen LogP contribution in [0, 0.1) is 0 Å². The molecule has 1 fully saturated rings. The molecular weight excluding hydrogens is 425 g/mol. The Bertz CT molecular complexity index is 875. The highest BCUT2D eigenvalue weighted by Gasteiger charge is 2.30. The Balaban J connectivity index is 1.62. The summed E-state index contributed by atoms with van der Waals surface area (Å²) in [5, 5.41) is 4.16. The third-order valence-electron chi connectivity index (χ3n) is 5.26. The quantitative estimate of drug-likeness (QED) is 0.418. The van der Waals surface area contributed by atoms with Gasteiger partial charge < -0.3 is 20.5 Å². The maximum absolute atomic E-state index is 12.7. The van der Waals surface area contributed by atoms with Gasteiger partial charge in [0.2, 0.25) is 5.91 Å². The molecule has 1 aromatic heterocycles. The number of hydrogen-bond donors (Lipinski definition) is 3. The molecule has 8 nitrogen and oxygen atoms in total. The number of rotatable bonds is 8. The zero-order chi connectivity index (χ0) is 21.7. The summed E-state index contributed by atoms with van der Waals surface area (Å²) in [5.74, 6) is 7.16. The minimum atomic E-state index is 0.0304. The minimum absolute atomic E-state index is 0.0304. The number of hydrogen-bond acceptors (Lipinski definition) is 7. The number of nitrogens with one attached hydrogen (secondary N) is 2. The van der Waals surface area contributed by atoms with Crippen molar-refractivity contribution in [2.45, 2.75) is 32.2 Å². The highest BCUT2D eigenvalue weighted by atomic mass is 35.5. The van der Waals surface area contributed by atoms with E-state index in [1.165, 1.54) is 6.33 Å². The fourth-order valence-corrected chi connectivity index (χ4v) is 4.24. The Hall–Kier alpha value is -2.29. The number of aromatic nitrogens is 2. The summed E-state index contributed by atoms with van der Waals surface area (Å²) >= 11 is 12.0. The van der Waals surface area contributed by atoms with Crippen molar-refractivity contribution in [3.05, 3.63) is 40.1 Å². The Morgan fingerprint density at radius 2 is 2.03 bits per heavy atom. The number of likely N-dealkylation sites (tertiary alicyclic amines) is 1. The first kappa shape index (κ1) is 22.4. The van der Waals surface area contributed by atoms with Gasteiger partial charge in [-0.25, -0.2) is 15.8 Å². The van der Waals surface area contributed by atoms with Crippen LogP contribution < -0.4 is 21.5 Å². The van der Waals surface area contributed by atoms with Gasteiger partial charge in [-0.05, 0) is 31.0 Å². The molecule has 30 heavy (non-hydrogen) atoms. The van der Waals surface area contributed by atoms with Gasteiger partial charge in [0.05, 0.1) is 6.54 Å². The average molecular weight is 452 g/mol. The first-order chi connectivity index (χ1) is 14.4. The van der Waals surface area contributed by atoms with Crippen molar-refractivity contribution < 1.29 is 4.79 Å². The molecule has 0 saturated carbocycles. The van der Waals surface area contributed by atoms with E-state index in [1.54, 1.807) is 18.2 Å². The zero-order valence-corrected chi connectivity index (χ0v) is 18.7. The van der Waals surface area contributed by atoms with E-state index in [9.17, 15) is 4.79 Å². The summed E-state index contributed by atoms with van der Waals surface area (Å²) < 4.78 is 0. The molecule has 2 aromatic rings. The number of benzene rings is 1. The summed E-state index contributed by atoms with van der Waals surface area (Å²) in [6.07, 6.45) is 4.16. The summed E-state index contributed by atoms with van der Waals surface area (Å²) in [7, 11) is 2.01. The molecule has 0 unspecified atom stereocenters. The average Bonchev–Trinajstić information content (AvgIpc) is 3.21. The van der Waals surface area contributed by atoms with Crippen LogP contribution in [-0.2, 0) is 11.2 Å². The summed E-state index contributed by atoms with van der Waals surface area (Å²) in [4.78, 5) is 25.4. The molecule has 1 amide bonds. The smallest absolute Gasteiger partial charge is 0.241 e. The van der Waals surface area contributed by atoms with Gasteiger partial charge in [-0.1, -0.05) is 36.5 Å². The van der Waals surface area contributed by atoms with Crippen LogP contribution in [0.1, 0.15) is 25.3 Å². The Morgan fingerprint density at radius 3 is 2.70 bits per heavy atom. The molecule has 0 spiro atoms. The van der Waals surface area contributed by atoms with Crippen LogP contribution in [0.4, 0.5) is 17.3 Å². The van der Waals surface area contributed by atoms with E-state index >= 15 is 0 Å². The van der Waals surface area contributed by atoms with E-state index in [2.05, 4.69) is 32.5 Å². The third kappa shape index (κ3) is 5.24. The van der Waals surface area contributed by atoms with Gasteiger partial charge in [-0.15, -0.1) is 0 Å². The number of halogens is 2. The number of anilines is 3. The van der Waals surface area contributed by atoms with Crippen LogP contribution in [0.25, 0.3) is 0 Å². The fraction of sp³-hybridized carbons (Fsp3) is 0.450. The summed E-state index contributed by atoms with van der Waals surface area (Å²) in [6.45, 7) is 3.62. The van der Waals surface area contributed by atoms with Gasteiger partial charge in [0.1, 0.15) is 18.0 Å². The maximum Gasteiger partial charge on any atom is 0.241 e. The van der Waals surface area contributed by atoms with Crippen LogP contribution in [0.2, 0.25) is 10.0 Å². The third-order valence-corrected chi connectivity index (χ3v) is 5.70. The molecule has 0 bridgehead atoms. The van der Waals surface area contributed by atoms with Gasteiger partial charge in [-0.2, -0.15) is 0 Å². The van der Waals surface area contributed by atoms with Gasteiger partial charge >= 0.3 is 0 Å². The minimum Gasteiger partial charge on any atom is -0.376 e. The lowest BCUT2D eigenvalue weighted by Crippen LogP contribution is -2.39. The SMILES string of the molecule is CCCc1c(NN)ncnc1N(C)[C@@H]1CCN(C(=O)CNc2cc(Cl)cc(Cl)c2)C1. The van der Waals surface area contributed by atoms with Crippen molar-refractivity contribution in [1.82, 2.24) is 14.9 Å². The second kappa shape index (κ2) is 10.1. The van der Waals surface area contributed by atoms with Crippen molar-refractivity contribution in [3.63, 3.8) is 0 Å². The fourth-order valence-electron chi connectivity index (χ4n) is 3.71. The Labute approximate surface area is 186 Å². The van der Waals surface area contributed by atoms with Crippen molar-refractivity contribution in [3.8, 4) is 0 Å².